The van der Waals surface area contributed by atoms with Crippen molar-refractivity contribution < 1.29 is 9.13 Å². The summed E-state index contributed by atoms with van der Waals surface area (Å²) in [6.45, 7) is 1.87. The van der Waals surface area contributed by atoms with Crippen molar-refractivity contribution in [3.05, 3.63) is 38.7 Å². The molecule has 0 aliphatic carbocycles. The van der Waals surface area contributed by atoms with Gasteiger partial charge in [-0.2, -0.15) is 0 Å². The number of benzene rings is 1. The minimum atomic E-state index is -0.366. The lowest BCUT2D eigenvalue weighted by atomic mass is 10.3. The van der Waals surface area contributed by atoms with E-state index in [1.165, 1.54) is 17.4 Å². The minimum absolute atomic E-state index is 0.213. The molecule has 1 aromatic carbocycles. The van der Waals surface area contributed by atoms with Crippen molar-refractivity contribution in [2.45, 2.75) is 6.92 Å². The molecule has 0 N–H and O–H groups in total. The van der Waals surface area contributed by atoms with Gasteiger partial charge in [0.25, 0.3) is 5.19 Å². The van der Waals surface area contributed by atoms with Crippen LogP contribution in [-0.2, 0) is 0 Å². The fourth-order valence-corrected chi connectivity index (χ4v) is 2.14. The third-order valence-electron chi connectivity index (χ3n) is 1.69. The largest absolute Gasteiger partial charge is 0.428 e. The van der Waals surface area contributed by atoms with E-state index in [0.717, 1.165) is 9.26 Å². The summed E-state index contributed by atoms with van der Waals surface area (Å²) in [6, 6.07) is 4.82. The standard InChI is InChI=1S/C10H7FINOS/c1-6-5-15-10(13-6)14-9-3-2-7(12)4-8(9)11/h2-5H,1H3. The monoisotopic (exact) mass is 335 g/mol. The van der Waals surface area contributed by atoms with Gasteiger partial charge >= 0.3 is 0 Å². The van der Waals surface area contributed by atoms with E-state index in [0.29, 0.717) is 5.19 Å². The summed E-state index contributed by atoms with van der Waals surface area (Å²) >= 11 is 3.40. The molecule has 0 amide bonds. The summed E-state index contributed by atoms with van der Waals surface area (Å²) in [5.74, 6) is -0.153. The number of hydrogen-bond acceptors (Lipinski definition) is 3. The van der Waals surface area contributed by atoms with Crippen molar-refractivity contribution in [2.75, 3.05) is 0 Å². The van der Waals surface area contributed by atoms with E-state index in [-0.39, 0.29) is 11.6 Å². The highest BCUT2D eigenvalue weighted by atomic mass is 127. The van der Waals surface area contributed by atoms with Crippen LogP contribution in [0.4, 0.5) is 4.39 Å². The van der Waals surface area contributed by atoms with Crippen molar-refractivity contribution >= 4 is 33.9 Å². The summed E-state index contributed by atoms with van der Waals surface area (Å²) in [4.78, 5) is 4.10. The molecule has 2 rings (SSSR count). The molecule has 2 nitrogen and oxygen atoms in total. The molecular weight excluding hydrogens is 328 g/mol. The number of halogens is 2. The van der Waals surface area contributed by atoms with E-state index in [9.17, 15) is 4.39 Å². The number of nitrogens with zero attached hydrogens (tertiary/aromatic N) is 1. The van der Waals surface area contributed by atoms with Gasteiger partial charge in [0.05, 0.1) is 5.69 Å². The van der Waals surface area contributed by atoms with Gasteiger partial charge in [0.1, 0.15) is 0 Å². The molecular formula is C10H7FINOS. The number of thiazole rings is 1. The molecule has 1 aromatic heterocycles. The van der Waals surface area contributed by atoms with Crippen molar-refractivity contribution in [1.29, 1.82) is 0 Å². The van der Waals surface area contributed by atoms with E-state index in [1.807, 2.05) is 34.9 Å². The quantitative estimate of drug-likeness (QED) is 0.775. The lowest BCUT2D eigenvalue weighted by molar-refractivity contribution is 0.438. The van der Waals surface area contributed by atoms with Crippen LogP contribution in [0.1, 0.15) is 5.69 Å². The third-order valence-corrected chi connectivity index (χ3v) is 3.20. The fourth-order valence-electron chi connectivity index (χ4n) is 1.03. The van der Waals surface area contributed by atoms with Crippen LogP contribution in [0.3, 0.4) is 0 Å². The highest BCUT2D eigenvalue weighted by molar-refractivity contribution is 14.1. The average Bonchev–Trinajstić information content (AvgIpc) is 2.56. The normalized spacial score (nSPS) is 10.3. The Bertz CT molecular complexity index is 486. The molecule has 0 unspecified atom stereocenters. The van der Waals surface area contributed by atoms with Gasteiger partial charge in [-0.25, -0.2) is 9.37 Å². The number of rotatable bonds is 2. The molecule has 0 atom stereocenters. The summed E-state index contributed by atoms with van der Waals surface area (Å²) < 4.78 is 19.5. The van der Waals surface area contributed by atoms with Crippen molar-refractivity contribution in [2.24, 2.45) is 0 Å². The fraction of sp³-hybridized carbons (Fsp3) is 0.100. The molecule has 0 spiro atoms. The van der Waals surface area contributed by atoms with Crippen LogP contribution in [0.25, 0.3) is 0 Å². The molecule has 1 heterocycles. The van der Waals surface area contributed by atoms with Gasteiger partial charge in [0.2, 0.25) is 0 Å². The molecule has 0 aliphatic heterocycles. The molecule has 0 saturated carbocycles. The van der Waals surface area contributed by atoms with Crippen LogP contribution in [0.5, 0.6) is 10.9 Å². The lowest BCUT2D eigenvalue weighted by Crippen LogP contribution is -1.88. The molecule has 5 heteroatoms. The topological polar surface area (TPSA) is 22.1 Å². The van der Waals surface area contributed by atoms with Gasteiger partial charge in [0.15, 0.2) is 11.6 Å². The second-order valence-corrected chi connectivity index (χ2v) is 5.00. The molecule has 15 heavy (non-hydrogen) atoms. The molecule has 78 valence electrons. The second-order valence-electron chi connectivity index (χ2n) is 2.93. The molecule has 0 radical (unpaired) electrons. The zero-order valence-electron chi connectivity index (χ0n) is 7.83. The Balaban J connectivity index is 2.24. The van der Waals surface area contributed by atoms with Crippen molar-refractivity contribution in [3.63, 3.8) is 0 Å². The Morgan fingerprint density at radius 1 is 1.47 bits per heavy atom. The zero-order chi connectivity index (χ0) is 10.8. The number of aromatic nitrogens is 1. The summed E-state index contributed by atoms with van der Waals surface area (Å²) in [6.07, 6.45) is 0. The van der Waals surface area contributed by atoms with Crippen LogP contribution in [-0.4, -0.2) is 4.98 Å². The van der Waals surface area contributed by atoms with Crippen LogP contribution in [0.15, 0.2) is 23.6 Å². The molecule has 0 fully saturated rings. The molecule has 0 aliphatic rings. The van der Waals surface area contributed by atoms with Gasteiger partial charge in [-0.1, -0.05) is 11.3 Å². The van der Waals surface area contributed by atoms with Gasteiger partial charge < -0.3 is 4.74 Å². The maximum absolute atomic E-state index is 13.4. The predicted molar refractivity (Wildman–Crippen MR) is 66.0 cm³/mol. The van der Waals surface area contributed by atoms with Crippen molar-refractivity contribution in [3.8, 4) is 10.9 Å². The van der Waals surface area contributed by atoms with Gasteiger partial charge in [-0.05, 0) is 47.7 Å². The van der Waals surface area contributed by atoms with E-state index in [1.54, 1.807) is 12.1 Å². The number of aryl methyl sites for hydroxylation is 1. The Hall–Kier alpha value is -0.690. The Morgan fingerprint density at radius 2 is 2.27 bits per heavy atom. The second kappa shape index (κ2) is 4.44. The SMILES string of the molecule is Cc1csc(Oc2ccc(I)cc2F)n1. The first-order chi connectivity index (χ1) is 7.15. The van der Waals surface area contributed by atoms with E-state index < -0.39 is 0 Å². The molecule has 0 saturated heterocycles. The van der Waals surface area contributed by atoms with Gasteiger partial charge in [-0.3, -0.25) is 0 Å². The maximum Gasteiger partial charge on any atom is 0.278 e. The summed E-state index contributed by atoms with van der Waals surface area (Å²) in [5.41, 5.74) is 0.876. The predicted octanol–water partition coefficient (Wildman–Crippen LogP) is 3.99. The van der Waals surface area contributed by atoms with Gasteiger partial charge in [-0.15, -0.1) is 0 Å². The van der Waals surface area contributed by atoms with E-state index in [2.05, 4.69) is 4.98 Å². The van der Waals surface area contributed by atoms with Crippen molar-refractivity contribution in [1.82, 2.24) is 4.98 Å². The maximum atomic E-state index is 13.4. The van der Waals surface area contributed by atoms with Crippen LogP contribution in [0.2, 0.25) is 0 Å². The lowest BCUT2D eigenvalue weighted by Gasteiger charge is -2.02. The third kappa shape index (κ3) is 2.66. The highest BCUT2D eigenvalue weighted by Crippen LogP contribution is 2.27. The first-order valence-electron chi connectivity index (χ1n) is 4.20. The Kier molecular flexibility index (Phi) is 3.20. The van der Waals surface area contributed by atoms with E-state index in [4.69, 9.17) is 4.74 Å². The minimum Gasteiger partial charge on any atom is -0.428 e. The summed E-state index contributed by atoms with van der Waals surface area (Å²) in [7, 11) is 0. The Labute approximate surface area is 104 Å². The smallest absolute Gasteiger partial charge is 0.278 e. The number of ether oxygens (including phenoxy) is 1. The van der Waals surface area contributed by atoms with Crippen LogP contribution >= 0.6 is 33.9 Å². The van der Waals surface area contributed by atoms with Gasteiger partial charge in [0, 0.05) is 8.95 Å². The van der Waals surface area contributed by atoms with Crippen LogP contribution in [0, 0.1) is 16.3 Å². The first kappa shape index (κ1) is 10.8. The molecule has 2 aromatic rings. The average molecular weight is 335 g/mol. The zero-order valence-corrected chi connectivity index (χ0v) is 10.8. The number of hydrogen-bond donors (Lipinski definition) is 0. The Morgan fingerprint density at radius 3 is 2.87 bits per heavy atom. The van der Waals surface area contributed by atoms with Crippen LogP contribution < -0.4 is 4.74 Å². The summed E-state index contributed by atoms with van der Waals surface area (Å²) in [5, 5.41) is 2.33. The first-order valence-corrected chi connectivity index (χ1v) is 6.16. The van der Waals surface area contributed by atoms with E-state index >= 15 is 0 Å². The highest BCUT2D eigenvalue weighted by Gasteiger charge is 2.07. The molecule has 0 bridgehead atoms.